The molecule has 6 nitrogen and oxygen atoms in total. The van der Waals surface area contributed by atoms with E-state index in [2.05, 4.69) is 10.9 Å². The minimum Gasteiger partial charge on any atom is -0.273 e. The Kier molecular flexibility index (Phi) is 5.79. The zero-order valence-electron chi connectivity index (χ0n) is 12.3. The summed E-state index contributed by atoms with van der Waals surface area (Å²) >= 11 is 5.95. The van der Waals surface area contributed by atoms with Crippen LogP contribution in [0.4, 0.5) is 0 Å². The molecule has 23 heavy (non-hydrogen) atoms. The average molecular weight is 357 g/mol. The van der Waals surface area contributed by atoms with E-state index in [0.29, 0.717) is 17.0 Å². The van der Waals surface area contributed by atoms with Gasteiger partial charge in [0.25, 0.3) is 5.91 Å². The van der Waals surface area contributed by atoms with Crippen LogP contribution in [-0.4, -0.2) is 31.7 Å². The normalized spacial score (nSPS) is 19.6. The number of sulfone groups is 1. The van der Waals surface area contributed by atoms with Crippen LogP contribution >= 0.6 is 11.6 Å². The van der Waals surface area contributed by atoms with Crippen molar-refractivity contribution in [2.45, 2.75) is 12.8 Å². The fourth-order valence-corrected chi connectivity index (χ4v) is 4.36. The second-order valence-electron chi connectivity index (χ2n) is 5.37. The lowest BCUT2D eigenvalue weighted by Crippen LogP contribution is -2.41. The van der Waals surface area contributed by atoms with Gasteiger partial charge in [0.15, 0.2) is 9.84 Å². The summed E-state index contributed by atoms with van der Waals surface area (Å²) in [6.45, 7) is 0. The first-order valence-corrected chi connectivity index (χ1v) is 9.27. The van der Waals surface area contributed by atoms with E-state index in [0.717, 1.165) is 0 Å². The Morgan fingerprint density at radius 2 is 2.00 bits per heavy atom. The van der Waals surface area contributed by atoms with E-state index < -0.39 is 21.7 Å². The lowest BCUT2D eigenvalue weighted by molar-refractivity contribution is -0.127. The summed E-state index contributed by atoms with van der Waals surface area (Å²) in [5.41, 5.74) is 5.21. The third kappa shape index (κ3) is 5.69. The lowest BCUT2D eigenvalue weighted by atomic mass is 10.1. The Morgan fingerprint density at radius 3 is 2.65 bits per heavy atom. The number of benzene rings is 1. The average Bonchev–Trinajstić information content (AvgIpc) is 2.83. The van der Waals surface area contributed by atoms with Crippen molar-refractivity contribution in [3.8, 4) is 0 Å². The molecule has 0 unspecified atom stereocenters. The van der Waals surface area contributed by atoms with Crippen LogP contribution in [0, 0.1) is 5.92 Å². The van der Waals surface area contributed by atoms with Crippen molar-refractivity contribution >= 4 is 39.3 Å². The van der Waals surface area contributed by atoms with Gasteiger partial charge in [-0.05, 0) is 30.0 Å². The van der Waals surface area contributed by atoms with Crippen molar-refractivity contribution in [2.75, 3.05) is 11.5 Å². The maximum atomic E-state index is 11.7. The first kappa shape index (κ1) is 17.5. The number of carbonyl (C=O) groups excluding carboxylic acids is 2. The molecule has 1 saturated heterocycles. The molecule has 1 aromatic rings. The minimum absolute atomic E-state index is 0.0285. The van der Waals surface area contributed by atoms with Crippen molar-refractivity contribution in [1.82, 2.24) is 10.9 Å². The van der Waals surface area contributed by atoms with Gasteiger partial charge in [0.05, 0.1) is 11.5 Å². The Bertz CT molecular complexity index is 731. The number of nitrogens with one attached hydrogen (secondary N) is 2. The highest BCUT2D eigenvalue weighted by Gasteiger charge is 2.29. The molecule has 0 radical (unpaired) electrons. The number of hydrogen-bond acceptors (Lipinski definition) is 4. The summed E-state index contributed by atoms with van der Waals surface area (Å²) in [5, 5.41) is 0.517. The van der Waals surface area contributed by atoms with Crippen LogP contribution in [-0.2, 0) is 19.4 Å². The summed E-state index contributed by atoms with van der Waals surface area (Å²) in [7, 11) is -3.01. The quantitative estimate of drug-likeness (QED) is 0.628. The molecule has 1 aliphatic rings. The van der Waals surface area contributed by atoms with Crippen LogP contribution in [0.2, 0.25) is 5.02 Å². The largest absolute Gasteiger partial charge is 0.273 e. The van der Waals surface area contributed by atoms with Crippen LogP contribution < -0.4 is 10.9 Å². The Morgan fingerprint density at radius 1 is 1.26 bits per heavy atom. The van der Waals surface area contributed by atoms with Crippen LogP contribution in [0.5, 0.6) is 0 Å². The second-order valence-corrected chi connectivity index (χ2v) is 8.00. The van der Waals surface area contributed by atoms with Gasteiger partial charge in [-0.3, -0.25) is 20.4 Å². The van der Waals surface area contributed by atoms with E-state index in [1.165, 1.54) is 12.2 Å². The fourth-order valence-electron chi connectivity index (χ4n) is 2.29. The standard InChI is InChI=1S/C15H17ClN2O4S/c16-13-4-2-1-3-12(13)5-6-14(19)17-18-15(20)9-11-7-8-23(21,22)10-11/h1-6,11H,7-10H2,(H,17,19)(H,18,20)/b6-5+/t11-/m1/s1. The van der Waals surface area contributed by atoms with E-state index >= 15 is 0 Å². The molecule has 8 heteroatoms. The Hall–Kier alpha value is -1.86. The molecule has 2 N–H and O–H groups in total. The zero-order valence-corrected chi connectivity index (χ0v) is 13.9. The lowest BCUT2D eigenvalue weighted by Gasteiger charge is -2.08. The van der Waals surface area contributed by atoms with E-state index in [4.69, 9.17) is 11.6 Å². The van der Waals surface area contributed by atoms with Gasteiger partial charge in [0.1, 0.15) is 0 Å². The summed E-state index contributed by atoms with van der Waals surface area (Å²) in [6.07, 6.45) is 3.35. The highest BCUT2D eigenvalue weighted by atomic mass is 35.5. The highest BCUT2D eigenvalue weighted by molar-refractivity contribution is 7.91. The monoisotopic (exact) mass is 356 g/mol. The van der Waals surface area contributed by atoms with Gasteiger partial charge in [-0.15, -0.1) is 0 Å². The number of amides is 2. The topological polar surface area (TPSA) is 92.3 Å². The number of rotatable bonds is 4. The van der Waals surface area contributed by atoms with E-state index in [1.54, 1.807) is 24.3 Å². The predicted octanol–water partition coefficient (Wildman–Crippen LogP) is 1.33. The first-order valence-electron chi connectivity index (χ1n) is 7.07. The third-order valence-electron chi connectivity index (χ3n) is 3.45. The molecule has 124 valence electrons. The maximum absolute atomic E-state index is 11.7. The van der Waals surface area contributed by atoms with E-state index in [9.17, 15) is 18.0 Å². The molecule has 2 amide bonds. The fraction of sp³-hybridized carbons (Fsp3) is 0.333. The molecular formula is C15H17ClN2O4S. The molecule has 2 rings (SSSR count). The Balaban J connectivity index is 1.76. The third-order valence-corrected chi connectivity index (χ3v) is 5.63. The van der Waals surface area contributed by atoms with Gasteiger partial charge in [-0.25, -0.2) is 8.42 Å². The van der Waals surface area contributed by atoms with Crippen molar-refractivity contribution in [3.05, 3.63) is 40.9 Å². The number of hydrazine groups is 1. The summed E-state index contributed by atoms with van der Waals surface area (Å²) < 4.78 is 22.6. The summed E-state index contributed by atoms with van der Waals surface area (Å²) in [5.74, 6) is -0.946. The van der Waals surface area contributed by atoms with Crippen LogP contribution in [0.3, 0.4) is 0 Å². The number of hydrogen-bond donors (Lipinski definition) is 2. The van der Waals surface area contributed by atoms with Crippen molar-refractivity contribution < 1.29 is 18.0 Å². The molecule has 1 atom stereocenters. The molecule has 0 aliphatic carbocycles. The van der Waals surface area contributed by atoms with Crippen molar-refractivity contribution in [2.24, 2.45) is 5.92 Å². The summed E-state index contributed by atoms with van der Waals surface area (Å²) in [4.78, 5) is 23.3. The molecule has 1 aromatic carbocycles. The maximum Gasteiger partial charge on any atom is 0.262 e. The molecule has 1 heterocycles. The molecule has 0 spiro atoms. The van der Waals surface area contributed by atoms with Crippen molar-refractivity contribution in [1.29, 1.82) is 0 Å². The first-order chi connectivity index (χ1) is 10.9. The molecule has 1 fully saturated rings. The van der Waals surface area contributed by atoms with Crippen LogP contribution in [0.1, 0.15) is 18.4 Å². The predicted molar refractivity (Wildman–Crippen MR) is 88.1 cm³/mol. The number of carbonyl (C=O) groups is 2. The highest BCUT2D eigenvalue weighted by Crippen LogP contribution is 2.21. The zero-order chi connectivity index (χ0) is 16.9. The van der Waals surface area contributed by atoms with Gasteiger partial charge in [-0.2, -0.15) is 0 Å². The van der Waals surface area contributed by atoms with Gasteiger partial charge >= 0.3 is 0 Å². The minimum atomic E-state index is -3.01. The summed E-state index contributed by atoms with van der Waals surface area (Å²) in [6, 6.07) is 7.03. The molecule has 1 aliphatic heterocycles. The molecule has 0 bridgehead atoms. The van der Waals surface area contributed by atoms with Crippen LogP contribution in [0.15, 0.2) is 30.3 Å². The van der Waals surface area contributed by atoms with E-state index in [-0.39, 0.29) is 23.8 Å². The molecule has 0 saturated carbocycles. The second kappa shape index (κ2) is 7.61. The smallest absolute Gasteiger partial charge is 0.262 e. The van der Waals surface area contributed by atoms with Gasteiger partial charge in [0, 0.05) is 17.5 Å². The van der Waals surface area contributed by atoms with Crippen LogP contribution in [0.25, 0.3) is 6.08 Å². The van der Waals surface area contributed by atoms with Gasteiger partial charge < -0.3 is 0 Å². The SMILES string of the molecule is O=C(/C=C/c1ccccc1Cl)NNC(=O)C[C@H]1CCS(=O)(=O)C1. The molecular weight excluding hydrogens is 340 g/mol. The molecule has 0 aromatic heterocycles. The van der Waals surface area contributed by atoms with Crippen molar-refractivity contribution in [3.63, 3.8) is 0 Å². The van der Waals surface area contributed by atoms with E-state index in [1.807, 2.05) is 0 Å². The van der Waals surface area contributed by atoms with Gasteiger partial charge in [0.2, 0.25) is 5.91 Å². The number of halogens is 1. The Labute approximate surface area is 139 Å². The van der Waals surface area contributed by atoms with Gasteiger partial charge in [-0.1, -0.05) is 29.8 Å².